The summed E-state index contributed by atoms with van der Waals surface area (Å²) in [5.74, 6) is -0.935. The van der Waals surface area contributed by atoms with E-state index in [1.165, 1.54) is 6.20 Å². The van der Waals surface area contributed by atoms with Gasteiger partial charge in [0.2, 0.25) is 0 Å². The molecule has 1 aromatic heterocycles. The van der Waals surface area contributed by atoms with Crippen LogP contribution in [0.15, 0.2) is 18.5 Å². The van der Waals surface area contributed by atoms with Crippen molar-refractivity contribution in [1.29, 1.82) is 0 Å². The number of nitrogens with one attached hydrogen (secondary N) is 1. The maximum absolute atomic E-state index is 12.7. The number of carbonyl (C=O) groups is 1. The molecule has 1 amide bonds. The summed E-state index contributed by atoms with van der Waals surface area (Å²) in [6.07, 6.45) is 2.74. The highest BCUT2D eigenvalue weighted by molar-refractivity contribution is 7.80. The molecule has 4 nitrogen and oxygen atoms in total. The number of rotatable bonds is 4. The molecule has 0 fully saturated rings. The van der Waals surface area contributed by atoms with Crippen LogP contribution in [0.4, 0.5) is 4.39 Å². The molecule has 80 valence electrons. The number of aromatic nitrogens is 1. The molecule has 6 heteroatoms. The average Bonchev–Trinajstić information content (AvgIpc) is 2.17. The highest BCUT2D eigenvalue weighted by atomic mass is 32.1. The van der Waals surface area contributed by atoms with Crippen LogP contribution in [0.25, 0.3) is 0 Å². The first-order valence-electron chi connectivity index (χ1n) is 4.26. The standard InChI is InChI=1S/C9H10FN3OS/c10-7-3-6(4-12-5-7)9(14)13-2-1-8(11)15/h3-5H,1-2H2,(H2,11,15)(H,13,14). The van der Waals surface area contributed by atoms with E-state index in [-0.39, 0.29) is 5.56 Å². The first-order valence-corrected chi connectivity index (χ1v) is 4.67. The van der Waals surface area contributed by atoms with Crippen molar-refractivity contribution < 1.29 is 9.18 Å². The molecule has 0 saturated carbocycles. The summed E-state index contributed by atoms with van der Waals surface area (Å²) < 4.78 is 12.7. The van der Waals surface area contributed by atoms with Crippen LogP contribution >= 0.6 is 12.2 Å². The van der Waals surface area contributed by atoms with Gasteiger partial charge in [0, 0.05) is 19.2 Å². The third-order valence-electron chi connectivity index (χ3n) is 1.62. The molecule has 3 N–H and O–H groups in total. The van der Waals surface area contributed by atoms with Gasteiger partial charge in [-0.05, 0) is 6.07 Å². The summed E-state index contributed by atoms with van der Waals surface area (Å²) in [4.78, 5) is 15.3. The zero-order valence-electron chi connectivity index (χ0n) is 7.87. The molecule has 0 aliphatic carbocycles. The maximum atomic E-state index is 12.7. The molecule has 1 heterocycles. The molecule has 15 heavy (non-hydrogen) atoms. The summed E-state index contributed by atoms with van der Waals surface area (Å²) in [6, 6.07) is 1.11. The normalized spacial score (nSPS) is 9.67. The fourth-order valence-electron chi connectivity index (χ4n) is 0.937. The lowest BCUT2D eigenvalue weighted by Gasteiger charge is -2.03. The zero-order chi connectivity index (χ0) is 11.3. The lowest BCUT2D eigenvalue weighted by Crippen LogP contribution is -2.27. The van der Waals surface area contributed by atoms with Crippen LogP contribution in [0.1, 0.15) is 16.8 Å². The van der Waals surface area contributed by atoms with E-state index < -0.39 is 11.7 Å². The molecule has 0 atom stereocenters. The number of nitrogens with two attached hydrogens (primary N) is 1. The van der Waals surface area contributed by atoms with E-state index >= 15 is 0 Å². The fraction of sp³-hybridized carbons (Fsp3) is 0.222. The van der Waals surface area contributed by atoms with Gasteiger partial charge < -0.3 is 11.1 Å². The smallest absolute Gasteiger partial charge is 0.252 e. The third kappa shape index (κ3) is 3.99. The second-order valence-electron chi connectivity index (χ2n) is 2.86. The minimum absolute atomic E-state index is 0.179. The molecule has 1 rings (SSSR count). The summed E-state index contributed by atoms with van der Waals surface area (Å²) in [5.41, 5.74) is 5.43. The van der Waals surface area contributed by atoms with Gasteiger partial charge in [-0.15, -0.1) is 0 Å². The van der Waals surface area contributed by atoms with Crippen LogP contribution in [0, 0.1) is 5.82 Å². The number of halogens is 1. The number of thiocarbonyl (C=S) groups is 1. The van der Waals surface area contributed by atoms with E-state index in [1.807, 2.05) is 0 Å². The maximum Gasteiger partial charge on any atom is 0.252 e. The van der Waals surface area contributed by atoms with Gasteiger partial charge in [-0.25, -0.2) is 4.39 Å². The number of hydrogen-bond donors (Lipinski definition) is 2. The van der Waals surface area contributed by atoms with Gasteiger partial charge in [-0.3, -0.25) is 9.78 Å². The highest BCUT2D eigenvalue weighted by Crippen LogP contribution is 2.00. The van der Waals surface area contributed by atoms with Crippen molar-refractivity contribution in [2.45, 2.75) is 6.42 Å². The van der Waals surface area contributed by atoms with E-state index in [2.05, 4.69) is 22.5 Å². The molecule has 0 aromatic carbocycles. The third-order valence-corrected chi connectivity index (χ3v) is 1.83. The predicted molar refractivity (Wildman–Crippen MR) is 57.9 cm³/mol. The van der Waals surface area contributed by atoms with Crippen molar-refractivity contribution in [2.24, 2.45) is 5.73 Å². The van der Waals surface area contributed by atoms with Gasteiger partial charge in [-0.1, -0.05) is 12.2 Å². The Kier molecular flexibility index (Phi) is 4.11. The van der Waals surface area contributed by atoms with Crippen molar-refractivity contribution in [1.82, 2.24) is 10.3 Å². The van der Waals surface area contributed by atoms with E-state index in [1.54, 1.807) is 0 Å². The summed E-state index contributed by atoms with van der Waals surface area (Å²) >= 11 is 4.64. The quantitative estimate of drug-likeness (QED) is 0.740. The number of pyridine rings is 1. The average molecular weight is 227 g/mol. The Labute approximate surface area is 91.7 Å². The molecule has 0 bridgehead atoms. The van der Waals surface area contributed by atoms with E-state index in [0.717, 1.165) is 12.3 Å². The molecular formula is C9H10FN3OS. The lowest BCUT2D eigenvalue weighted by molar-refractivity contribution is 0.0954. The second kappa shape index (κ2) is 5.35. The molecule has 1 aromatic rings. The van der Waals surface area contributed by atoms with Gasteiger partial charge in [-0.2, -0.15) is 0 Å². The zero-order valence-corrected chi connectivity index (χ0v) is 8.68. The van der Waals surface area contributed by atoms with Crippen molar-refractivity contribution in [3.05, 3.63) is 29.8 Å². The minimum Gasteiger partial charge on any atom is -0.393 e. The number of carbonyl (C=O) groups excluding carboxylic acids is 1. The largest absolute Gasteiger partial charge is 0.393 e. The van der Waals surface area contributed by atoms with Crippen LogP contribution < -0.4 is 11.1 Å². The number of nitrogens with zero attached hydrogens (tertiary/aromatic N) is 1. The molecule has 0 saturated heterocycles. The first kappa shape index (κ1) is 11.5. The lowest BCUT2D eigenvalue weighted by atomic mass is 10.2. The van der Waals surface area contributed by atoms with Crippen molar-refractivity contribution in [2.75, 3.05) is 6.54 Å². The Morgan fingerprint density at radius 3 is 2.93 bits per heavy atom. The van der Waals surface area contributed by atoms with Crippen LogP contribution in [0.5, 0.6) is 0 Å². The second-order valence-corrected chi connectivity index (χ2v) is 3.39. The number of amides is 1. The Balaban J connectivity index is 2.50. The number of hydrogen-bond acceptors (Lipinski definition) is 3. The van der Waals surface area contributed by atoms with Gasteiger partial charge in [0.05, 0.1) is 16.7 Å². The Morgan fingerprint density at radius 1 is 1.60 bits per heavy atom. The van der Waals surface area contributed by atoms with E-state index in [0.29, 0.717) is 18.0 Å². The van der Waals surface area contributed by atoms with E-state index in [9.17, 15) is 9.18 Å². The van der Waals surface area contributed by atoms with Gasteiger partial charge in [0.25, 0.3) is 5.91 Å². The molecule has 0 aliphatic heterocycles. The summed E-state index contributed by atoms with van der Waals surface area (Å²) in [6.45, 7) is 0.338. The SMILES string of the molecule is NC(=S)CCNC(=O)c1cncc(F)c1. The molecule has 0 aliphatic rings. The Morgan fingerprint density at radius 2 is 2.33 bits per heavy atom. The van der Waals surface area contributed by atoms with Crippen LogP contribution in [0.3, 0.4) is 0 Å². The summed E-state index contributed by atoms with van der Waals surface area (Å²) in [5, 5.41) is 2.54. The van der Waals surface area contributed by atoms with Gasteiger partial charge >= 0.3 is 0 Å². The van der Waals surface area contributed by atoms with Gasteiger partial charge in [0.1, 0.15) is 5.82 Å². The minimum atomic E-state index is -0.544. The Hall–Kier alpha value is -1.56. The summed E-state index contributed by atoms with van der Waals surface area (Å²) in [7, 11) is 0. The fourth-order valence-corrected chi connectivity index (χ4v) is 1.04. The van der Waals surface area contributed by atoms with Crippen molar-refractivity contribution in [3.8, 4) is 0 Å². The molecule has 0 radical (unpaired) electrons. The van der Waals surface area contributed by atoms with Crippen LogP contribution in [0.2, 0.25) is 0 Å². The molecular weight excluding hydrogens is 217 g/mol. The van der Waals surface area contributed by atoms with Crippen molar-refractivity contribution in [3.63, 3.8) is 0 Å². The highest BCUT2D eigenvalue weighted by Gasteiger charge is 2.05. The van der Waals surface area contributed by atoms with Crippen LogP contribution in [-0.4, -0.2) is 22.4 Å². The topological polar surface area (TPSA) is 68.0 Å². The van der Waals surface area contributed by atoms with Gasteiger partial charge in [0.15, 0.2) is 0 Å². The predicted octanol–water partition coefficient (Wildman–Crippen LogP) is 0.627. The van der Waals surface area contributed by atoms with E-state index in [4.69, 9.17) is 5.73 Å². The van der Waals surface area contributed by atoms with Crippen molar-refractivity contribution >= 4 is 23.1 Å². The Bertz CT molecular complexity index is 383. The molecule has 0 spiro atoms. The first-order chi connectivity index (χ1) is 7.09. The van der Waals surface area contributed by atoms with Crippen LogP contribution in [-0.2, 0) is 0 Å². The molecule has 0 unspecified atom stereocenters. The monoisotopic (exact) mass is 227 g/mol.